The van der Waals surface area contributed by atoms with E-state index >= 15 is 0 Å². The Labute approximate surface area is 168 Å². The fraction of sp³-hybridized carbons (Fsp3) is 0.429. The van der Waals surface area contributed by atoms with E-state index in [0.717, 1.165) is 19.3 Å². The van der Waals surface area contributed by atoms with Crippen LogP contribution in [-0.4, -0.2) is 27.8 Å². The SMILES string of the molecule is N#CCCNC(=O)CSc1nc2ccccc2c(=O)n1CCC1=CCCCC1. The first-order valence-corrected chi connectivity index (χ1v) is 10.6. The predicted molar refractivity (Wildman–Crippen MR) is 111 cm³/mol. The van der Waals surface area contributed by atoms with E-state index in [9.17, 15) is 9.59 Å². The van der Waals surface area contributed by atoms with Crippen molar-refractivity contribution in [3.63, 3.8) is 0 Å². The minimum absolute atomic E-state index is 0.0607. The number of carbonyl (C=O) groups is 1. The Kier molecular flexibility index (Phi) is 7.26. The largest absolute Gasteiger partial charge is 0.354 e. The van der Waals surface area contributed by atoms with Crippen LogP contribution in [0.3, 0.4) is 0 Å². The Bertz CT molecular complexity index is 975. The van der Waals surface area contributed by atoms with Crippen molar-refractivity contribution in [3.8, 4) is 6.07 Å². The van der Waals surface area contributed by atoms with Gasteiger partial charge in [-0.3, -0.25) is 14.2 Å². The van der Waals surface area contributed by atoms with Gasteiger partial charge in [-0.25, -0.2) is 4.98 Å². The van der Waals surface area contributed by atoms with E-state index in [4.69, 9.17) is 5.26 Å². The molecule has 0 radical (unpaired) electrons. The number of hydrogen-bond donors (Lipinski definition) is 1. The zero-order chi connectivity index (χ0) is 19.8. The highest BCUT2D eigenvalue weighted by molar-refractivity contribution is 7.99. The van der Waals surface area contributed by atoms with Gasteiger partial charge in [-0.1, -0.05) is 35.5 Å². The average molecular weight is 397 g/mol. The van der Waals surface area contributed by atoms with Gasteiger partial charge in [0.15, 0.2) is 5.16 Å². The predicted octanol–water partition coefficient (Wildman–Crippen LogP) is 3.41. The molecular weight excluding hydrogens is 372 g/mol. The van der Waals surface area contributed by atoms with Crippen LogP contribution in [0.5, 0.6) is 0 Å². The fourth-order valence-corrected chi connectivity index (χ4v) is 4.14. The number of nitrogens with one attached hydrogen (secondary N) is 1. The van der Waals surface area contributed by atoms with Crippen molar-refractivity contribution in [1.29, 1.82) is 5.26 Å². The second kappa shape index (κ2) is 10.1. The third-order valence-electron chi connectivity index (χ3n) is 4.76. The van der Waals surface area contributed by atoms with E-state index in [2.05, 4.69) is 16.4 Å². The number of thioether (sulfide) groups is 1. The molecule has 1 aromatic carbocycles. The standard InChI is InChI=1S/C21H24N4O2S/c22-12-6-13-23-19(26)15-28-21-24-18-10-5-4-9-17(18)20(27)25(21)14-11-16-7-2-1-3-8-16/h4-5,7,9-10H,1-3,6,8,11,13-15H2,(H,23,26). The molecule has 0 saturated carbocycles. The number of carbonyl (C=O) groups excluding carboxylic acids is 1. The molecule has 1 aliphatic carbocycles. The van der Waals surface area contributed by atoms with Gasteiger partial charge in [-0.15, -0.1) is 0 Å². The van der Waals surface area contributed by atoms with Crippen molar-refractivity contribution in [3.05, 3.63) is 46.3 Å². The molecule has 7 heteroatoms. The maximum absolute atomic E-state index is 13.0. The second-order valence-corrected chi connectivity index (χ2v) is 7.72. The van der Waals surface area contributed by atoms with Crippen LogP contribution in [0.25, 0.3) is 10.9 Å². The van der Waals surface area contributed by atoms with Crippen LogP contribution >= 0.6 is 11.8 Å². The summed E-state index contributed by atoms with van der Waals surface area (Å²) in [5.41, 5.74) is 1.99. The summed E-state index contributed by atoms with van der Waals surface area (Å²) in [4.78, 5) is 29.7. The van der Waals surface area contributed by atoms with Crippen molar-refractivity contribution >= 4 is 28.6 Å². The molecule has 6 nitrogen and oxygen atoms in total. The second-order valence-electron chi connectivity index (χ2n) is 6.77. The van der Waals surface area contributed by atoms with Crippen LogP contribution in [0, 0.1) is 11.3 Å². The molecule has 1 aliphatic rings. The Balaban J connectivity index is 1.80. The quantitative estimate of drug-likeness (QED) is 0.320. The van der Waals surface area contributed by atoms with Gasteiger partial charge >= 0.3 is 0 Å². The molecule has 1 aromatic heterocycles. The van der Waals surface area contributed by atoms with E-state index in [1.165, 1.54) is 30.2 Å². The number of hydrogen-bond acceptors (Lipinski definition) is 5. The monoisotopic (exact) mass is 396 g/mol. The summed E-state index contributed by atoms with van der Waals surface area (Å²) >= 11 is 1.27. The molecule has 0 unspecified atom stereocenters. The lowest BCUT2D eigenvalue weighted by Gasteiger charge is -2.16. The number of allylic oxidation sites excluding steroid dienone is 2. The van der Waals surface area contributed by atoms with Gasteiger partial charge < -0.3 is 5.32 Å². The molecule has 1 amide bonds. The Morgan fingerprint density at radius 2 is 2.18 bits per heavy atom. The highest BCUT2D eigenvalue weighted by atomic mass is 32.2. The van der Waals surface area contributed by atoms with E-state index in [-0.39, 0.29) is 23.6 Å². The molecule has 1 heterocycles. The zero-order valence-corrected chi connectivity index (χ0v) is 16.6. The van der Waals surface area contributed by atoms with Gasteiger partial charge in [0.25, 0.3) is 5.56 Å². The molecule has 28 heavy (non-hydrogen) atoms. The van der Waals surface area contributed by atoms with Gasteiger partial charge in [0.05, 0.1) is 29.1 Å². The molecule has 3 rings (SSSR count). The molecule has 0 bridgehead atoms. The number of rotatable bonds is 8. The number of aromatic nitrogens is 2. The van der Waals surface area contributed by atoms with Crippen molar-refractivity contribution in [1.82, 2.24) is 14.9 Å². The molecular formula is C21H24N4O2S. The van der Waals surface area contributed by atoms with Crippen molar-refractivity contribution in [2.75, 3.05) is 12.3 Å². The molecule has 0 spiro atoms. The lowest BCUT2D eigenvalue weighted by molar-refractivity contribution is -0.118. The Hall–Kier alpha value is -2.59. The molecule has 0 atom stereocenters. The lowest BCUT2D eigenvalue weighted by atomic mass is 9.97. The van der Waals surface area contributed by atoms with E-state index in [1.807, 2.05) is 24.3 Å². The van der Waals surface area contributed by atoms with Crippen LogP contribution in [0.1, 0.15) is 38.5 Å². The van der Waals surface area contributed by atoms with Crippen LogP contribution in [0.15, 0.2) is 45.9 Å². The topological polar surface area (TPSA) is 87.8 Å². The summed E-state index contributed by atoms with van der Waals surface area (Å²) in [6, 6.07) is 9.31. The molecule has 0 aliphatic heterocycles. The van der Waals surface area contributed by atoms with Crippen LogP contribution in [0.4, 0.5) is 0 Å². The molecule has 2 aromatic rings. The van der Waals surface area contributed by atoms with Crippen LogP contribution in [0.2, 0.25) is 0 Å². The molecule has 0 saturated heterocycles. The Morgan fingerprint density at radius 1 is 1.32 bits per heavy atom. The van der Waals surface area contributed by atoms with Crippen molar-refractivity contribution in [2.45, 2.75) is 50.2 Å². The van der Waals surface area contributed by atoms with Gasteiger partial charge in [0.2, 0.25) is 5.91 Å². The number of amides is 1. The molecule has 146 valence electrons. The lowest BCUT2D eigenvalue weighted by Crippen LogP contribution is -2.27. The number of fused-ring (bicyclic) bond motifs is 1. The summed E-state index contributed by atoms with van der Waals surface area (Å²) in [6.07, 6.45) is 8.07. The highest BCUT2D eigenvalue weighted by Gasteiger charge is 2.14. The van der Waals surface area contributed by atoms with E-state index in [0.29, 0.717) is 29.1 Å². The highest BCUT2D eigenvalue weighted by Crippen LogP contribution is 2.22. The normalized spacial score (nSPS) is 13.8. The van der Waals surface area contributed by atoms with Crippen LogP contribution < -0.4 is 10.9 Å². The average Bonchev–Trinajstić information content (AvgIpc) is 2.73. The Morgan fingerprint density at radius 3 is 2.96 bits per heavy atom. The number of nitriles is 1. The summed E-state index contributed by atoms with van der Waals surface area (Å²) < 4.78 is 1.70. The minimum atomic E-state index is -0.163. The molecule has 0 fully saturated rings. The maximum Gasteiger partial charge on any atom is 0.262 e. The number of benzene rings is 1. The van der Waals surface area contributed by atoms with Crippen LogP contribution in [-0.2, 0) is 11.3 Å². The third-order valence-corrected chi connectivity index (χ3v) is 5.74. The first-order valence-electron chi connectivity index (χ1n) is 9.63. The maximum atomic E-state index is 13.0. The van der Waals surface area contributed by atoms with Gasteiger partial charge in [-0.2, -0.15) is 5.26 Å². The summed E-state index contributed by atoms with van der Waals surface area (Å²) in [7, 11) is 0. The third kappa shape index (κ3) is 5.23. The first kappa shape index (κ1) is 20.2. The van der Waals surface area contributed by atoms with Gasteiger partial charge in [0, 0.05) is 13.1 Å². The van der Waals surface area contributed by atoms with E-state index < -0.39 is 0 Å². The zero-order valence-electron chi connectivity index (χ0n) is 15.8. The number of nitrogens with zero attached hydrogens (tertiary/aromatic N) is 3. The van der Waals surface area contributed by atoms with Gasteiger partial charge in [-0.05, 0) is 44.2 Å². The minimum Gasteiger partial charge on any atom is -0.354 e. The smallest absolute Gasteiger partial charge is 0.262 e. The summed E-state index contributed by atoms with van der Waals surface area (Å²) in [5.74, 6) is 0.00280. The van der Waals surface area contributed by atoms with E-state index in [1.54, 1.807) is 10.6 Å². The number of para-hydroxylation sites is 1. The fourth-order valence-electron chi connectivity index (χ4n) is 3.28. The van der Waals surface area contributed by atoms with Gasteiger partial charge in [0.1, 0.15) is 0 Å². The summed E-state index contributed by atoms with van der Waals surface area (Å²) in [6.45, 7) is 0.906. The van der Waals surface area contributed by atoms with Crippen molar-refractivity contribution in [2.24, 2.45) is 0 Å². The summed E-state index contributed by atoms with van der Waals surface area (Å²) in [5, 5.41) is 12.4. The van der Waals surface area contributed by atoms with Crippen molar-refractivity contribution < 1.29 is 4.79 Å². The first-order chi connectivity index (χ1) is 13.7. The molecule has 1 N–H and O–H groups in total.